The summed E-state index contributed by atoms with van der Waals surface area (Å²) in [4.78, 5) is 0. The van der Waals surface area contributed by atoms with E-state index in [1.54, 1.807) is 0 Å². The summed E-state index contributed by atoms with van der Waals surface area (Å²) in [7, 11) is 0. The molecule has 0 aromatic heterocycles. The van der Waals surface area contributed by atoms with E-state index in [0.29, 0.717) is 0 Å². The maximum atomic E-state index is 5.63. The summed E-state index contributed by atoms with van der Waals surface area (Å²) in [5.41, 5.74) is 3.10. The second-order valence-corrected chi connectivity index (χ2v) is 4.57. The van der Waals surface area contributed by atoms with Gasteiger partial charge in [-0.25, -0.2) is 0 Å². The lowest BCUT2D eigenvalue weighted by Gasteiger charge is -2.09. The Morgan fingerprint density at radius 1 is 1.15 bits per heavy atom. The van der Waals surface area contributed by atoms with Gasteiger partial charge >= 0.3 is 0 Å². The number of terminal acetylenes is 1. The molecule has 0 unspecified atom stereocenters. The first-order valence-corrected chi connectivity index (χ1v) is 6.84. The van der Waals surface area contributed by atoms with Gasteiger partial charge in [0.05, 0.1) is 6.61 Å². The third-order valence-electron chi connectivity index (χ3n) is 2.90. The van der Waals surface area contributed by atoms with E-state index in [0.717, 1.165) is 36.6 Å². The molecular formula is C18H19NO. The largest absolute Gasteiger partial charge is 0.494 e. The Morgan fingerprint density at radius 3 is 2.80 bits per heavy atom. The van der Waals surface area contributed by atoms with E-state index in [4.69, 9.17) is 11.2 Å². The Balaban J connectivity index is 1.98. The van der Waals surface area contributed by atoms with Gasteiger partial charge in [0.1, 0.15) is 5.75 Å². The van der Waals surface area contributed by atoms with Crippen LogP contribution in [0.1, 0.15) is 24.5 Å². The van der Waals surface area contributed by atoms with E-state index < -0.39 is 0 Å². The van der Waals surface area contributed by atoms with E-state index in [1.165, 1.54) is 5.56 Å². The minimum atomic E-state index is 0.747. The fraction of sp³-hybridized carbons (Fsp3) is 0.222. The van der Waals surface area contributed by atoms with E-state index >= 15 is 0 Å². The van der Waals surface area contributed by atoms with Crippen molar-refractivity contribution >= 4 is 5.69 Å². The van der Waals surface area contributed by atoms with Crippen LogP contribution in [0.25, 0.3) is 0 Å². The predicted molar refractivity (Wildman–Crippen MR) is 83.9 cm³/mol. The molecule has 0 aliphatic rings. The molecule has 2 aromatic carbocycles. The average molecular weight is 265 g/mol. The number of nitrogens with one attached hydrogen (secondary N) is 1. The number of anilines is 1. The van der Waals surface area contributed by atoms with Crippen LogP contribution in [-0.2, 0) is 6.54 Å². The number of hydrogen-bond acceptors (Lipinski definition) is 2. The zero-order chi connectivity index (χ0) is 14.2. The van der Waals surface area contributed by atoms with E-state index in [-0.39, 0.29) is 0 Å². The molecule has 0 fully saturated rings. The maximum Gasteiger partial charge on any atom is 0.119 e. The molecule has 0 saturated heterocycles. The van der Waals surface area contributed by atoms with Gasteiger partial charge < -0.3 is 10.1 Å². The van der Waals surface area contributed by atoms with Gasteiger partial charge in [0, 0.05) is 17.8 Å². The van der Waals surface area contributed by atoms with Crippen molar-refractivity contribution < 1.29 is 4.74 Å². The van der Waals surface area contributed by atoms with Crippen LogP contribution < -0.4 is 10.1 Å². The number of hydrogen-bond donors (Lipinski definition) is 1. The fourth-order valence-electron chi connectivity index (χ4n) is 1.89. The zero-order valence-electron chi connectivity index (χ0n) is 11.7. The van der Waals surface area contributed by atoms with Crippen molar-refractivity contribution in [3.63, 3.8) is 0 Å². The van der Waals surface area contributed by atoms with E-state index in [9.17, 15) is 0 Å². The normalized spacial score (nSPS) is 9.80. The highest BCUT2D eigenvalue weighted by molar-refractivity contribution is 5.50. The summed E-state index contributed by atoms with van der Waals surface area (Å²) in [5, 5.41) is 3.37. The summed E-state index contributed by atoms with van der Waals surface area (Å²) in [6.07, 6.45) is 6.41. The van der Waals surface area contributed by atoms with Crippen LogP contribution in [0.4, 0.5) is 5.69 Å². The number of rotatable bonds is 6. The first-order chi connectivity index (χ1) is 9.81. The van der Waals surface area contributed by atoms with Crippen molar-refractivity contribution in [1.29, 1.82) is 0 Å². The highest BCUT2D eigenvalue weighted by Crippen LogP contribution is 2.16. The van der Waals surface area contributed by atoms with Gasteiger partial charge in [-0.1, -0.05) is 31.0 Å². The third-order valence-corrected chi connectivity index (χ3v) is 2.90. The Bertz CT molecular complexity index is 598. The number of benzene rings is 2. The summed E-state index contributed by atoms with van der Waals surface area (Å²) in [6, 6.07) is 16.0. The quantitative estimate of drug-likeness (QED) is 0.795. The minimum absolute atomic E-state index is 0.747. The summed E-state index contributed by atoms with van der Waals surface area (Å²) in [5.74, 6) is 3.56. The highest BCUT2D eigenvalue weighted by atomic mass is 16.5. The van der Waals surface area contributed by atoms with Crippen molar-refractivity contribution in [2.45, 2.75) is 19.9 Å². The molecule has 0 aliphatic carbocycles. The first kappa shape index (κ1) is 14.0. The fourth-order valence-corrected chi connectivity index (χ4v) is 1.89. The van der Waals surface area contributed by atoms with Gasteiger partial charge in [-0.3, -0.25) is 0 Å². The molecule has 0 atom stereocenters. The van der Waals surface area contributed by atoms with Crippen molar-refractivity contribution in [1.82, 2.24) is 0 Å². The summed E-state index contributed by atoms with van der Waals surface area (Å²) in [6.45, 7) is 3.60. The van der Waals surface area contributed by atoms with Gasteiger partial charge in [-0.15, -0.1) is 6.42 Å². The topological polar surface area (TPSA) is 21.3 Å². The molecule has 0 bridgehead atoms. The average Bonchev–Trinajstić information content (AvgIpc) is 2.51. The molecule has 2 nitrogen and oxygen atoms in total. The van der Waals surface area contributed by atoms with Crippen LogP contribution in [0.3, 0.4) is 0 Å². The lowest BCUT2D eigenvalue weighted by molar-refractivity contribution is 0.317. The predicted octanol–water partition coefficient (Wildman–Crippen LogP) is 4.07. The van der Waals surface area contributed by atoms with Crippen LogP contribution in [0, 0.1) is 12.3 Å². The zero-order valence-corrected chi connectivity index (χ0v) is 11.7. The van der Waals surface area contributed by atoms with Crippen LogP contribution in [0.2, 0.25) is 0 Å². The van der Waals surface area contributed by atoms with Gasteiger partial charge in [-0.05, 0) is 42.3 Å². The van der Waals surface area contributed by atoms with Crippen molar-refractivity contribution in [2.24, 2.45) is 0 Å². The summed E-state index contributed by atoms with van der Waals surface area (Å²) >= 11 is 0. The van der Waals surface area contributed by atoms with Crippen molar-refractivity contribution in [3.05, 3.63) is 59.7 Å². The second-order valence-electron chi connectivity index (χ2n) is 4.57. The molecule has 20 heavy (non-hydrogen) atoms. The molecule has 0 spiro atoms. The molecule has 0 saturated carbocycles. The van der Waals surface area contributed by atoms with Crippen molar-refractivity contribution in [2.75, 3.05) is 11.9 Å². The van der Waals surface area contributed by atoms with Crippen LogP contribution in [0.5, 0.6) is 5.75 Å². The molecule has 0 aliphatic heterocycles. The lowest BCUT2D eigenvalue weighted by Crippen LogP contribution is -2.01. The van der Waals surface area contributed by atoms with Crippen LogP contribution in [-0.4, -0.2) is 6.61 Å². The van der Waals surface area contributed by atoms with E-state index in [1.807, 2.05) is 36.4 Å². The minimum Gasteiger partial charge on any atom is -0.494 e. The lowest BCUT2D eigenvalue weighted by atomic mass is 10.2. The first-order valence-electron chi connectivity index (χ1n) is 6.84. The SMILES string of the molecule is C#Cc1cccc(NCc2cccc(OCCC)c2)c1. The Labute approximate surface area is 120 Å². The molecule has 2 aromatic rings. The van der Waals surface area contributed by atoms with Gasteiger partial charge in [0.15, 0.2) is 0 Å². The Kier molecular flexibility index (Phi) is 5.08. The van der Waals surface area contributed by atoms with Gasteiger partial charge in [0.25, 0.3) is 0 Å². The Morgan fingerprint density at radius 2 is 2.00 bits per heavy atom. The van der Waals surface area contributed by atoms with Crippen LogP contribution in [0.15, 0.2) is 48.5 Å². The molecule has 0 radical (unpaired) electrons. The second kappa shape index (κ2) is 7.25. The van der Waals surface area contributed by atoms with Gasteiger partial charge in [-0.2, -0.15) is 0 Å². The molecule has 0 heterocycles. The Hall–Kier alpha value is -2.40. The smallest absolute Gasteiger partial charge is 0.119 e. The molecule has 0 amide bonds. The van der Waals surface area contributed by atoms with Gasteiger partial charge in [0.2, 0.25) is 0 Å². The highest BCUT2D eigenvalue weighted by Gasteiger charge is 1.98. The third kappa shape index (κ3) is 4.07. The molecule has 2 heteroatoms. The monoisotopic (exact) mass is 265 g/mol. The van der Waals surface area contributed by atoms with Crippen molar-refractivity contribution in [3.8, 4) is 18.1 Å². The summed E-state index contributed by atoms with van der Waals surface area (Å²) < 4.78 is 5.63. The molecule has 2 rings (SSSR count). The number of ether oxygens (including phenoxy) is 1. The maximum absolute atomic E-state index is 5.63. The standard InChI is InChI=1S/C18H19NO/c1-3-11-20-18-10-6-8-16(13-18)14-19-17-9-5-7-15(4-2)12-17/h2,5-10,12-13,19H,3,11,14H2,1H3. The molecule has 102 valence electrons. The van der Waals surface area contributed by atoms with Crippen LogP contribution >= 0.6 is 0 Å². The molecule has 1 N–H and O–H groups in total. The molecular weight excluding hydrogens is 246 g/mol. The van der Waals surface area contributed by atoms with E-state index in [2.05, 4.69) is 30.3 Å².